The van der Waals surface area contributed by atoms with Gasteiger partial charge in [0.15, 0.2) is 5.96 Å². The molecule has 0 atom stereocenters. The second-order valence-electron chi connectivity index (χ2n) is 7.17. The number of rotatable bonds is 9. The lowest BCUT2D eigenvalue weighted by Gasteiger charge is -2.27. The molecule has 0 aliphatic carbocycles. The number of benzene rings is 2. The van der Waals surface area contributed by atoms with Crippen LogP contribution in [-0.2, 0) is 17.8 Å². The van der Waals surface area contributed by atoms with E-state index in [1.807, 2.05) is 12.1 Å². The molecule has 2 aromatic carbocycles. The average Bonchev–Trinajstić information content (AvgIpc) is 2.78. The van der Waals surface area contributed by atoms with Gasteiger partial charge in [-0.25, -0.2) is 4.39 Å². The third-order valence-corrected chi connectivity index (χ3v) is 6.08. The van der Waals surface area contributed by atoms with Gasteiger partial charge in [-0.3, -0.25) is 9.89 Å². The highest BCUT2D eigenvalue weighted by Gasteiger charge is 2.12. The summed E-state index contributed by atoms with van der Waals surface area (Å²) in [6, 6.07) is 15.2. The Bertz CT molecular complexity index is 794. The number of morpholine rings is 1. The first kappa shape index (κ1) is 22.6. The van der Waals surface area contributed by atoms with Gasteiger partial charge in [-0.1, -0.05) is 24.3 Å². The average molecular weight is 431 g/mol. The van der Waals surface area contributed by atoms with Crippen LogP contribution in [0.1, 0.15) is 17.5 Å². The third kappa shape index (κ3) is 7.63. The molecule has 1 heterocycles. The Labute approximate surface area is 183 Å². The summed E-state index contributed by atoms with van der Waals surface area (Å²) in [6.07, 6.45) is 0.996. The first-order valence-corrected chi connectivity index (χ1v) is 11.4. The fraction of sp³-hybridized carbons (Fsp3) is 0.435. The minimum atomic E-state index is -0.192. The summed E-state index contributed by atoms with van der Waals surface area (Å²) >= 11 is 1.74. The maximum Gasteiger partial charge on any atom is 0.191 e. The van der Waals surface area contributed by atoms with Crippen molar-refractivity contribution in [3.8, 4) is 0 Å². The summed E-state index contributed by atoms with van der Waals surface area (Å²) in [5, 5.41) is 6.80. The summed E-state index contributed by atoms with van der Waals surface area (Å²) in [7, 11) is 1.79. The van der Waals surface area contributed by atoms with Crippen molar-refractivity contribution in [1.29, 1.82) is 0 Å². The van der Waals surface area contributed by atoms with E-state index in [9.17, 15) is 4.39 Å². The van der Waals surface area contributed by atoms with Gasteiger partial charge < -0.3 is 15.4 Å². The monoisotopic (exact) mass is 430 g/mol. The van der Waals surface area contributed by atoms with Gasteiger partial charge in [0.1, 0.15) is 5.82 Å². The van der Waals surface area contributed by atoms with Crippen molar-refractivity contribution in [2.45, 2.75) is 24.4 Å². The fourth-order valence-electron chi connectivity index (χ4n) is 3.28. The lowest BCUT2D eigenvalue weighted by molar-refractivity contribution is 0.0341. The zero-order valence-corrected chi connectivity index (χ0v) is 18.4. The Kier molecular flexibility index (Phi) is 9.47. The van der Waals surface area contributed by atoms with Crippen LogP contribution in [0.3, 0.4) is 0 Å². The molecule has 3 rings (SSSR count). The largest absolute Gasteiger partial charge is 0.379 e. The maximum absolute atomic E-state index is 12.9. The molecule has 2 N–H and O–H groups in total. The summed E-state index contributed by atoms with van der Waals surface area (Å²) in [5.41, 5.74) is 2.64. The van der Waals surface area contributed by atoms with Gasteiger partial charge in [-0.2, -0.15) is 0 Å². The normalized spacial score (nSPS) is 15.2. The first-order chi connectivity index (χ1) is 14.7. The minimum Gasteiger partial charge on any atom is -0.379 e. The van der Waals surface area contributed by atoms with E-state index in [4.69, 9.17) is 4.74 Å². The van der Waals surface area contributed by atoms with Crippen molar-refractivity contribution in [3.05, 3.63) is 65.5 Å². The zero-order chi connectivity index (χ0) is 21.0. The highest BCUT2D eigenvalue weighted by molar-refractivity contribution is 7.99. The van der Waals surface area contributed by atoms with Crippen LogP contribution in [0.25, 0.3) is 0 Å². The first-order valence-electron chi connectivity index (χ1n) is 10.4. The third-order valence-electron chi connectivity index (χ3n) is 4.98. The summed E-state index contributed by atoms with van der Waals surface area (Å²) in [6.45, 7) is 6.14. The van der Waals surface area contributed by atoms with E-state index in [2.05, 4.69) is 44.8 Å². The molecule has 0 spiro atoms. The Morgan fingerprint density at radius 2 is 1.80 bits per heavy atom. The zero-order valence-electron chi connectivity index (χ0n) is 17.6. The Hall–Kier alpha value is -2.09. The smallest absolute Gasteiger partial charge is 0.191 e. The molecule has 1 saturated heterocycles. The number of ether oxygens (including phenoxy) is 1. The molecule has 2 aromatic rings. The van der Waals surface area contributed by atoms with Gasteiger partial charge in [-0.05, 0) is 47.6 Å². The lowest BCUT2D eigenvalue weighted by Crippen LogP contribution is -2.38. The van der Waals surface area contributed by atoms with Crippen molar-refractivity contribution in [2.24, 2.45) is 4.99 Å². The van der Waals surface area contributed by atoms with Gasteiger partial charge in [0.05, 0.1) is 13.2 Å². The molecular weight excluding hydrogens is 399 g/mol. The van der Waals surface area contributed by atoms with Crippen molar-refractivity contribution in [1.82, 2.24) is 15.5 Å². The van der Waals surface area contributed by atoms with Gasteiger partial charge in [-0.15, -0.1) is 11.8 Å². The molecule has 0 bridgehead atoms. The maximum atomic E-state index is 12.9. The number of hydrogen-bond acceptors (Lipinski definition) is 4. The van der Waals surface area contributed by atoms with Gasteiger partial charge in [0.2, 0.25) is 0 Å². The van der Waals surface area contributed by atoms with E-state index in [1.54, 1.807) is 18.8 Å². The number of halogens is 1. The van der Waals surface area contributed by atoms with Gasteiger partial charge >= 0.3 is 0 Å². The molecule has 162 valence electrons. The molecule has 7 heteroatoms. The van der Waals surface area contributed by atoms with E-state index < -0.39 is 0 Å². The van der Waals surface area contributed by atoms with Crippen LogP contribution in [0.5, 0.6) is 0 Å². The number of aliphatic imine (C=N–C) groups is 1. The Balaban J connectivity index is 1.39. The second kappa shape index (κ2) is 12.6. The number of guanidine groups is 1. The number of nitrogens with zero attached hydrogens (tertiary/aromatic N) is 2. The molecule has 0 saturated carbocycles. The summed E-state index contributed by atoms with van der Waals surface area (Å²) in [5.74, 6) is 1.59. The van der Waals surface area contributed by atoms with E-state index >= 15 is 0 Å². The van der Waals surface area contributed by atoms with Crippen LogP contribution < -0.4 is 10.6 Å². The molecule has 0 unspecified atom stereocenters. The van der Waals surface area contributed by atoms with Crippen molar-refractivity contribution in [2.75, 3.05) is 45.6 Å². The quantitative estimate of drug-likeness (QED) is 0.276. The highest BCUT2D eigenvalue weighted by atomic mass is 32.2. The lowest BCUT2D eigenvalue weighted by atomic mass is 10.1. The van der Waals surface area contributed by atoms with E-state index in [0.29, 0.717) is 0 Å². The van der Waals surface area contributed by atoms with E-state index in [0.717, 1.165) is 69.0 Å². The van der Waals surface area contributed by atoms with Crippen molar-refractivity contribution >= 4 is 17.7 Å². The van der Waals surface area contributed by atoms with Gasteiger partial charge in [0.25, 0.3) is 0 Å². The van der Waals surface area contributed by atoms with Crippen LogP contribution in [0.4, 0.5) is 4.39 Å². The SMILES string of the molecule is CN=C(NCCCSc1ccc(F)cc1)NCc1ccccc1CN1CCOCC1. The summed E-state index contributed by atoms with van der Waals surface area (Å²) < 4.78 is 18.4. The highest BCUT2D eigenvalue weighted by Crippen LogP contribution is 2.18. The molecule has 1 fully saturated rings. The van der Waals surface area contributed by atoms with Crippen LogP contribution in [0.15, 0.2) is 58.4 Å². The van der Waals surface area contributed by atoms with Crippen molar-refractivity contribution < 1.29 is 9.13 Å². The van der Waals surface area contributed by atoms with Crippen LogP contribution in [-0.4, -0.2) is 56.5 Å². The summed E-state index contributed by atoms with van der Waals surface area (Å²) in [4.78, 5) is 7.86. The molecule has 1 aliphatic rings. The number of thioether (sulfide) groups is 1. The number of hydrogen-bond donors (Lipinski definition) is 2. The molecule has 0 amide bonds. The molecule has 1 aliphatic heterocycles. The minimum absolute atomic E-state index is 0.192. The topological polar surface area (TPSA) is 48.9 Å². The molecular formula is C23H31FN4OS. The molecule has 30 heavy (non-hydrogen) atoms. The predicted octanol–water partition coefficient (Wildman–Crippen LogP) is 3.51. The van der Waals surface area contributed by atoms with Crippen LogP contribution in [0.2, 0.25) is 0 Å². The van der Waals surface area contributed by atoms with Crippen molar-refractivity contribution in [3.63, 3.8) is 0 Å². The number of nitrogens with one attached hydrogen (secondary N) is 2. The fourth-order valence-corrected chi connectivity index (χ4v) is 4.14. The molecule has 5 nitrogen and oxygen atoms in total. The Morgan fingerprint density at radius 3 is 2.53 bits per heavy atom. The van der Waals surface area contributed by atoms with E-state index in [1.165, 1.54) is 23.3 Å². The van der Waals surface area contributed by atoms with E-state index in [-0.39, 0.29) is 5.82 Å². The van der Waals surface area contributed by atoms with Crippen LogP contribution in [0, 0.1) is 5.82 Å². The second-order valence-corrected chi connectivity index (χ2v) is 8.33. The standard InChI is InChI=1S/C23H31FN4OS/c1-25-23(26-11-4-16-30-22-9-7-21(24)8-10-22)27-17-19-5-2-3-6-20(19)18-28-12-14-29-15-13-28/h2-3,5-10H,4,11-18H2,1H3,(H2,25,26,27). The molecule has 0 radical (unpaired) electrons. The van der Waals surface area contributed by atoms with Crippen LogP contribution >= 0.6 is 11.8 Å². The van der Waals surface area contributed by atoms with Gasteiger partial charge in [0, 0.05) is 44.7 Å². The predicted molar refractivity (Wildman–Crippen MR) is 122 cm³/mol. The Morgan fingerprint density at radius 1 is 1.07 bits per heavy atom. The molecule has 0 aromatic heterocycles.